The fraction of sp³-hybridized carbons (Fsp3) is 0.320. The standard InChI is InChI=1S/C25H28N6/c1-18-26-23(28-21-11-7-4-8-12-21)22-25(27-18)31(17-19-13-15-30(2)16-14-19)24(29-22)20-9-5-3-6-10-20/h3-12,19H,13-17H2,1-2H3,(H,26,27,28). The molecule has 1 N–H and O–H groups in total. The lowest BCUT2D eigenvalue weighted by Crippen LogP contribution is -2.32. The Labute approximate surface area is 183 Å². The number of imidazole rings is 1. The average molecular weight is 413 g/mol. The first-order chi connectivity index (χ1) is 15.2. The Morgan fingerprint density at radius 2 is 1.58 bits per heavy atom. The van der Waals surface area contributed by atoms with Crippen LogP contribution in [-0.2, 0) is 6.54 Å². The summed E-state index contributed by atoms with van der Waals surface area (Å²) in [5, 5.41) is 3.46. The van der Waals surface area contributed by atoms with Crippen molar-refractivity contribution >= 4 is 22.7 Å². The van der Waals surface area contributed by atoms with Gasteiger partial charge in [-0.2, -0.15) is 0 Å². The lowest BCUT2D eigenvalue weighted by Gasteiger charge is -2.29. The van der Waals surface area contributed by atoms with Crippen molar-refractivity contribution in [3.8, 4) is 11.4 Å². The van der Waals surface area contributed by atoms with Gasteiger partial charge in [-0.15, -0.1) is 0 Å². The number of para-hydroxylation sites is 1. The molecule has 5 rings (SSSR count). The van der Waals surface area contributed by atoms with Crippen molar-refractivity contribution in [1.29, 1.82) is 0 Å². The fourth-order valence-corrected chi connectivity index (χ4v) is 4.34. The van der Waals surface area contributed by atoms with Gasteiger partial charge < -0.3 is 14.8 Å². The first-order valence-electron chi connectivity index (χ1n) is 11.0. The van der Waals surface area contributed by atoms with Crippen molar-refractivity contribution in [3.63, 3.8) is 0 Å². The molecule has 1 aliphatic rings. The van der Waals surface area contributed by atoms with E-state index in [9.17, 15) is 0 Å². The highest BCUT2D eigenvalue weighted by molar-refractivity contribution is 5.88. The van der Waals surface area contributed by atoms with Crippen molar-refractivity contribution < 1.29 is 0 Å². The molecule has 158 valence electrons. The maximum absolute atomic E-state index is 5.07. The third-order valence-corrected chi connectivity index (χ3v) is 6.05. The summed E-state index contributed by atoms with van der Waals surface area (Å²) in [4.78, 5) is 17.0. The van der Waals surface area contributed by atoms with Crippen LogP contribution in [0.15, 0.2) is 60.7 Å². The van der Waals surface area contributed by atoms with Crippen LogP contribution in [0, 0.1) is 12.8 Å². The molecule has 1 fully saturated rings. The van der Waals surface area contributed by atoms with Gasteiger partial charge in [0.05, 0.1) is 0 Å². The fourth-order valence-electron chi connectivity index (χ4n) is 4.34. The molecule has 31 heavy (non-hydrogen) atoms. The molecule has 4 aromatic rings. The zero-order chi connectivity index (χ0) is 21.2. The van der Waals surface area contributed by atoms with Gasteiger partial charge in [0.15, 0.2) is 17.0 Å². The van der Waals surface area contributed by atoms with E-state index in [2.05, 4.69) is 46.1 Å². The average Bonchev–Trinajstić information content (AvgIpc) is 3.15. The second-order valence-electron chi connectivity index (χ2n) is 8.44. The summed E-state index contributed by atoms with van der Waals surface area (Å²) in [6.45, 7) is 5.17. The Hall–Kier alpha value is -3.25. The molecular formula is C25H28N6. The van der Waals surface area contributed by atoms with Crippen molar-refractivity contribution in [2.45, 2.75) is 26.3 Å². The van der Waals surface area contributed by atoms with Crippen molar-refractivity contribution in [2.75, 3.05) is 25.5 Å². The second-order valence-corrected chi connectivity index (χ2v) is 8.44. The van der Waals surface area contributed by atoms with E-state index in [1.165, 1.54) is 12.8 Å². The van der Waals surface area contributed by atoms with Crippen LogP contribution in [0.4, 0.5) is 11.5 Å². The molecule has 2 aromatic heterocycles. The molecule has 6 nitrogen and oxygen atoms in total. The van der Waals surface area contributed by atoms with Crippen LogP contribution in [0.1, 0.15) is 18.7 Å². The molecule has 6 heteroatoms. The molecule has 1 aliphatic heterocycles. The monoisotopic (exact) mass is 412 g/mol. The Morgan fingerprint density at radius 1 is 0.903 bits per heavy atom. The van der Waals surface area contributed by atoms with Gasteiger partial charge in [-0.05, 0) is 58.0 Å². The second kappa shape index (κ2) is 8.47. The number of fused-ring (bicyclic) bond motifs is 1. The molecular weight excluding hydrogens is 384 g/mol. The molecule has 3 heterocycles. The first kappa shape index (κ1) is 19.7. The number of benzene rings is 2. The van der Waals surface area contributed by atoms with E-state index in [1.807, 2.05) is 43.3 Å². The van der Waals surface area contributed by atoms with E-state index < -0.39 is 0 Å². The largest absolute Gasteiger partial charge is 0.338 e. The lowest BCUT2D eigenvalue weighted by molar-refractivity contribution is 0.206. The highest BCUT2D eigenvalue weighted by Gasteiger charge is 2.23. The zero-order valence-corrected chi connectivity index (χ0v) is 18.1. The molecule has 0 spiro atoms. The normalized spacial score (nSPS) is 15.4. The molecule has 0 bridgehead atoms. The van der Waals surface area contributed by atoms with E-state index in [4.69, 9.17) is 15.0 Å². The quantitative estimate of drug-likeness (QED) is 0.506. The first-order valence-corrected chi connectivity index (χ1v) is 11.0. The van der Waals surface area contributed by atoms with E-state index in [0.717, 1.165) is 59.5 Å². The van der Waals surface area contributed by atoms with Crippen LogP contribution >= 0.6 is 0 Å². The SMILES string of the molecule is Cc1nc(Nc2ccccc2)c2nc(-c3ccccc3)n(CC3CCN(C)CC3)c2n1. The summed E-state index contributed by atoms with van der Waals surface area (Å²) in [5.41, 5.74) is 3.83. The van der Waals surface area contributed by atoms with Crippen LogP contribution in [0.5, 0.6) is 0 Å². The highest BCUT2D eigenvalue weighted by Crippen LogP contribution is 2.31. The smallest absolute Gasteiger partial charge is 0.166 e. The molecule has 1 saturated heterocycles. The summed E-state index contributed by atoms with van der Waals surface area (Å²) in [7, 11) is 2.20. The van der Waals surface area contributed by atoms with E-state index in [0.29, 0.717) is 5.92 Å². The van der Waals surface area contributed by atoms with Gasteiger partial charge in [0.1, 0.15) is 11.6 Å². The summed E-state index contributed by atoms with van der Waals surface area (Å²) >= 11 is 0. The van der Waals surface area contributed by atoms with Gasteiger partial charge in [0.2, 0.25) is 0 Å². The van der Waals surface area contributed by atoms with E-state index in [-0.39, 0.29) is 0 Å². The zero-order valence-electron chi connectivity index (χ0n) is 18.1. The van der Waals surface area contributed by atoms with Gasteiger partial charge in [0.25, 0.3) is 0 Å². The minimum absolute atomic E-state index is 0.622. The molecule has 2 aromatic carbocycles. The van der Waals surface area contributed by atoms with Crippen molar-refractivity contribution in [1.82, 2.24) is 24.4 Å². The van der Waals surface area contributed by atoms with Crippen molar-refractivity contribution in [2.24, 2.45) is 5.92 Å². The topological polar surface area (TPSA) is 58.9 Å². The number of nitrogens with one attached hydrogen (secondary N) is 1. The number of aromatic nitrogens is 4. The number of aryl methyl sites for hydroxylation is 1. The summed E-state index contributed by atoms with van der Waals surface area (Å²) < 4.78 is 2.31. The highest BCUT2D eigenvalue weighted by atomic mass is 15.2. The number of nitrogens with zero attached hydrogens (tertiary/aromatic N) is 5. The maximum Gasteiger partial charge on any atom is 0.166 e. The third-order valence-electron chi connectivity index (χ3n) is 6.05. The summed E-state index contributed by atoms with van der Waals surface area (Å²) in [5.74, 6) is 3.09. The van der Waals surface area contributed by atoms with E-state index >= 15 is 0 Å². The number of anilines is 2. The lowest BCUT2D eigenvalue weighted by atomic mass is 9.97. The Morgan fingerprint density at radius 3 is 2.29 bits per heavy atom. The summed E-state index contributed by atoms with van der Waals surface area (Å²) in [6, 6.07) is 20.5. The number of hydrogen-bond donors (Lipinski definition) is 1. The number of rotatable bonds is 5. The van der Waals surface area contributed by atoms with Gasteiger partial charge >= 0.3 is 0 Å². The minimum Gasteiger partial charge on any atom is -0.338 e. The molecule has 0 unspecified atom stereocenters. The molecule has 0 radical (unpaired) electrons. The van der Waals surface area contributed by atoms with E-state index in [1.54, 1.807) is 0 Å². The number of likely N-dealkylation sites (tertiary alicyclic amines) is 1. The van der Waals surface area contributed by atoms with Crippen LogP contribution in [-0.4, -0.2) is 44.6 Å². The number of hydrogen-bond acceptors (Lipinski definition) is 5. The molecule has 0 saturated carbocycles. The van der Waals surface area contributed by atoms with Gasteiger partial charge in [-0.1, -0.05) is 48.5 Å². The Balaban J connectivity index is 1.62. The van der Waals surface area contributed by atoms with Crippen LogP contribution in [0.2, 0.25) is 0 Å². The minimum atomic E-state index is 0.622. The third kappa shape index (κ3) is 4.16. The van der Waals surface area contributed by atoms with Gasteiger partial charge in [-0.25, -0.2) is 15.0 Å². The Bertz CT molecular complexity index is 1160. The predicted octanol–water partition coefficient (Wildman–Crippen LogP) is 4.89. The predicted molar refractivity (Wildman–Crippen MR) is 125 cm³/mol. The van der Waals surface area contributed by atoms with Crippen molar-refractivity contribution in [3.05, 3.63) is 66.5 Å². The molecule has 0 atom stereocenters. The summed E-state index contributed by atoms with van der Waals surface area (Å²) in [6.07, 6.45) is 2.40. The van der Waals surface area contributed by atoms with Crippen LogP contribution in [0.3, 0.4) is 0 Å². The molecule has 0 aliphatic carbocycles. The van der Waals surface area contributed by atoms with Gasteiger partial charge in [-0.3, -0.25) is 0 Å². The Kier molecular flexibility index (Phi) is 5.38. The van der Waals surface area contributed by atoms with Crippen LogP contribution in [0.25, 0.3) is 22.6 Å². The number of piperidine rings is 1. The molecule has 0 amide bonds. The van der Waals surface area contributed by atoms with Gasteiger partial charge in [0, 0.05) is 17.8 Å². The maximum atomic E-state index is 5.07. The van der Waals surface area contributed by atoms with Crippen LogP contribution < -0.4 is 5.32 Å².